The van der Waals surface area contributed by atoms with E-state index in [0.29, 0.717) is 53.5 Å². The van der Waals surface area contributed by atoms with Crippen LogP contribution < -0.4 is 21.0 Å². The summed E-state index contributed by atoms with van der Waals surface area (Å²) in [6.45, 7) is 6.15. The Morgan fingerprint density at radius 3 is 2.50 bits per heavy atom. The van der Waals surface area contributed by atoms with Crippen LogP contribution in [0, 0.1) is 0 Å². The summed E-state index contributed by atoms with van der Waals surface area (Å²) in [6.07, 6.45) is 0.745. The quantitative estimate of drug-likeness (QED) is 0.283. The predicted molar refractivity (Wildman–Crippen MR) is 130 cm³/mol. The summed E-state index contributed by atoms with van der Waals surface area (Å²) in [6, 6.07) is 12.1. The molecular formula is C25H29N3O6. The Hall–Kier alpha value is -3.88. The maximum absolute atomic E-state index is 12.8. The van der Waals surface area contributed by atoms with E-state index in [1.807, 2.05) is 0 Å². The molecule has 1 aromatic heterocycles. The first-order chi connectivity index (χ1) is 16.2. The third kappa shape index (κ3) is 6.57. The molecule has 2 aromatic carbocycles. The van der Waals surface area contributed by atoms with Crippen LogP contribution in [0.4, 0.5) is 10.5 Å². The summed E-state index contributed by atoms with van der Waals surface area (Å²) in [7, 11) is 0. The Bertz CT molecular complexity index is 1240. The molecular weight excluding hydrogens is 438 g/mol. The minimum absolute atomic E-state index is 0.116. The molecule has 9 heteroatoms. The van der Waals surface area contributed by atoms with Crippen molar-refractivity contribution < 1.29 is 23.5 Å². The third-order valence-corrected chi connectivity index (χ3v) is 4.94. The van der Waals surface area contributed by atoms with Crippen LogP contribution in [0.3, 0.4) is 0 Å². The van der Waals surface area contributed by atoms with Crippen molar-refractivity contribution in [1.29, 1.82) is 0 Å². The van der Waals surface area contributed by atoms with Gasteiger partial charge in [-0.2, -0.15) is 0 Å². The summed E-state index contributed by atoms with van der Waals surface area (Å²) in [5.41, 5.74) is 0.775. The van der Waals surface area contributed by atoms with E-state index >= 15 is 0 Å². The molecule has 3 rings (SSSR count). The summed E-state index contributed by atoms with van der Waals surface area (Å²) < 4.78 is 10.9. The number of carbonyl (C=O) groups is 3. The van der Waals surface area contributed by atoms with Crippen molar-refractivity contribution in [2.75, 3.05) is 24.5 Å². The molecule has 9 nitrogen and oxygen atoms in total. The number of para-hydroxylation sites is 1. The predicted octanol–water partition coefficient (Wildman–Crippen LogP) is 3.33. The van der Waals surface area contributed by atoms with Crippen LogP contribution in [0.5, 0.6) is 0 Å². The van der Waals surface area contributed by atoms with E-state index in [2.05, 4.69) is 10.6 Å². The van der Waals surface area contributed by atoms with E-state index in [-0.39, 0.29) is 24.3 Å². The van der Waals surface area contributed by atoms with Crippen molar-refractivity contribution in [1.82, 2.24) is 10.6 Å². The number of ether oxygens (including phenoxy) is 1. The van der Waals surface area contributed by atoms with Gasteiger partial charge >= 0.3 is 6.09 Å². The molecule has 0 spiro atoms. The SMILES string of the molecule is CC(C)(C)OC(=O)NCCC(=O)NCCCN(C=O)c1ccc2oc3ccccc3c(=O)c2c1. The Labute approximate surface area is 197 Å². The molecule has 34 heavy (non-hydrogen) atoms. The molecule has 0 atom stereocenters. The Morgan fingerprint density at radius 2 is 1.76 bits per heavy atom. The molecule has 1 heterocycles. The first-order valence-electron chi connectivity index (χ1n) is 11.1. The van der Waals surface area contributed by atoms with Gasteiger partial charge in [-0.3, -0.25) is 14.4 Å². The van der Waals surface area contributed by atoms with E-state index in [4.69, 9.17) is 9.15 Å². The highest BCUT2D eigenvalue weighted by Crippen LogP contribution is 2.23. The minimum atomic E-state index is -0.598. The lowest BCUT2D eigenvalue weighted by molar-refractivity contribution is -0.120. The van der Waals surface area contributed by atoms with Crippen LogP contribution in [0.1, 0.15) is 33.6 Å². The maximum Gasteiger partial charge on any atom is 0.407 e. The standard InChI is InChI=1S/C25H29N3O6/c1-25(2,3)34-24(32)27-13-11-22(30)26-12-6-14-28(16-29)17-9-10-21-19(15-17)23(31)18-7-4-5-8-20(18)33-21/h4-5,7-10,15-16H,6,11-14H2,1-3H3,(H,26,30)(H,27,32). The zero-order chi connectivity index (χ0) is 24.7. The van der Waals surface area contributed by atoms with Crippen molar-refractivity contribution >= 4 is 46.0 Å². The van der Waals surface area contributed by atoms with Gasteiger partial charge in [0.25, 0.3) is 0 Å². The van der Waals surface area contributed by atoms with Gasteiger partial charge in [0, 0.05) is 31.7 Å². The van der Waals surface area contributed by atoms with Gasteiger partial charge in [-0.15, -0.1) is 0 Å². The van der Waals surface area contributed by atoms with Gasteiger partial charge in [0.1, 0.15) is 16.8 Å². The van der Waals surface area contributed by atoms with E-state index in [0.717, 1.165) is 0 Å². The van der Waals surface area contributed by atoms with Gasteiger partial charge < -0.3 is 24.7 Å². The van der Waals surface area contributed by atoms with Crippen LogP contribution in [0.2, 0.25) is 0 Å². The van der Waals surface area contributed by atoms with Crippen LogP contribution in [-0.4, -0.2) is 43.6 Å². The molecule has 0 aliphatic carbocycles. The molecule has 0 radical (unpaired) electrons. The fraction of sp³-hybridized carbons (Fsp3) is 0.360. The fourth-order valence-corrected chi connectivity index (χ4v) is 3.37. The number of rotatable bonds is 9. The first kappa shape index (κ1) is 24.8. The zero-order valence-corrected chi connectivity index (χ0v) is 19.6. The van der Waals surface area contributed by atoms with Crippen LogP contribution >= 0.6 is 0 Å². The van der Waals surface area contributed by atoms with Gasteiger partial charge in [-0.1, -0.05) is 12.1 Å². The average Bonchev–Trinajstić information content (AvgIpc) is 2.78. The largest absolute Gasteiger partial charge is 0.456 e. The monoisotopic (exact) mass is 467 g/mol. The Morgan fingerprint density at radius 1 is 1.03 bits per heavy atom. The average molecular weight is 468 g/mol. The second kappa shape index (κ2) is 10.8. The lowest BCUT2D eigenvalue weighted by atomic mass is 10.1. The minimum Gasteiger partial charge on any atom is -0.456 e. The molecule has 0 saturated carbocycles. The maximum atomic E-state index is 12.8. The number of hydrogen-bond acceptors (Lipinski definition) is 6. The Balaban J connectivity index is 1.51. The van der Waals surface area contributed by atoms with Crippen molar-refractivity contribution in [3.05, 3.63) is 52.7 Å². The molecule has 0 bridgehead atoms. The topological polar surface area (TPSA) is 118 Å². The summed E-state index contributed by atoms with van der Waals surface area (Å²) in [5.74, 6) is -0.219. The molecule has 0 aliphatic rings. The molecule has 2 N–H and O–H groups in total. The van der Waals surface area contributed by atoms with E-state index in [9.17, 15) is 19.2 Å². The molecule has 0 fully saturated rings. The van der Waals surface area contributed by atoms with Gasteiger partial charge in [-0.05, 0) is 57.5 Å². The van der Waals surface area contributed by atoms with Crippen molar-refractivity contribution in [2.45, 2.75) is 39.2 Å². The van der Waals surface area contributed by atoms with Crippen molar-refractivity contribution in [2.24, 2.45) is 0 Å². The highest BCUT2D eigenvalue weighted by atomic mass is 16.6. The molecule has 180 valence electrons. The molecule has 3 aromatic rings. The molecule has 3 amide bonds. The second-order valence-corrected chi connectivity index (χ2v) is 8.79. The number of carbonyl (C=O) groups excluding carboxylic acids is 3. The lowest BCUT2D eigenvalue weighted by Gasteiger charge is -2.19. The van der Waals surface area contributed by atoms with E-state index in [1.165, 1.54) is 4.90 Å². The lowest BCUT2D eigenvalue weighted by Crippen LogP contribution is -2.35. The highest BCUT2D eigenvalue weighted by Gasteiger charge is 2.16. The number of benzene rings is 2. The van der Waals surface area contributed by atoms with E-state index < -0.39 is 11.7 Å². The number of anilines is 1. The van der Waals surface area contributed by atoms with Gasteiger partial charge in [-0.25, -0.2) is 4.79 Å². The smallest absolute Gasteiger partial charge is 0.407 e. The number of hydrogen-bond donors (Lipinski definition) is 2. The Kier molecular flexibility index (Phi) is 7.88. The molecule has 0 saturated heterocycles. The zero-order valence-electron chi connectivity index (χ0n) is 19.6. The number of nitrogens with one attached hydrogen (secondary N) is 2. The first-order valence-corrected chi connectivity index (χ1v) is 11.1. The molecule has 0 unspecified atom stereocenters. The number of nitrogens with zero attached hydrogens (tertiary/aromatic N) is 1. The fourth-order valence-electron chi connectivity index (χ4n) is 3.37. The number of amides is 3. The number of alkyl carbamates (subject to hydrolysis) is 1. The number of fused-ring (bicyclic) bond motifs is 2. The van der Waals surface area contributed by atoms with Crippen LogP contribution in [-0.2, 0) is 14.3 Å². The molecule has 0 aliphatic heterocycles. The summed E-state index contributed by atoms with van der Waals surface area (Å²) in [5, 5.41) is 6.16. The van der Waals surface area contributed by atoms with Gasteiger partial charge in [0.15, 0.2) is 0 Å². The second-order valence-electron chi connectivity index (χ2n) is 8.79. The highest BCUT2D eigenvalue weighted by molar-refractivity contribution is 5.92. The summed E-state index contributed by atoms with van der Waals surface area (Å²) >= 11 is 0. The summed E-state index contributed by atoms with van der Waals surface area (Å²) in [4.78, 5) is 49.5. The van der Waals surface area contributed by atoms with Crippen molar-refractivity contribution in [3.63, 3.8) is 0 Å². The van der Waals surface area contributed by atoms with Gasteiger partial charge in [0.2, 0.25) is 17.7 Å². The van der Waals surface area contributed by atoms with E-state index in [1.54, 1.807) is 63.2 Å². The third-order valence-electron chi connectivity index (χ3n) is 4.94. The van der Waals surface area contributed by atoms with Gasteiger partial charge in [0.05, 0.1) is 10.8 Å². The van der Waals surface area contributed by atoms with Crippen LogP contribution in [0.25, 0.3) is 21.9 Å². The van der Waals surface area contributed by atoms with Crippen LogP contribution in [0.15, 0.2) is 51.7 Å². The van der Waals surface area contributed by atoms with Crippen molar-refractivity contribution in [3.8, 4) is 0 Å². The normalized spacial score (nSPS) is 11.3.